The lowest BCUT2D eigenvalue weighted by atomic mass is 10.1. The molecule has 0 saturated heterocycles. The van der Waals surface area contributed by atoms with E-state index in [2.05, 4.69) is 75.4 Å². The average molecular weight is 279 g/mol. The third kappa shape index (κ3) is 3.17. The molecule has 1 heterocycles. The molecular formula is C19H21NO. The summed E-state index contributed by atoms with van der Waals surface area (Å²) < 4.78 is 0. The average Bonchev–Trinajstić information content (AvgIpc) is 2.83. The summed E-state index contributed by atoms with van der Waals surface area (Å²) in [5, 5.41) is 1.98. The zero-order chi connectivity index (χ0) is 14.8. The Morgan fingerprint density at radius 2 is 1.43 bits per heavy atom. The number of hydroxylamine groups is 2. The van der Waals surface area contributed by atoms with E-state index in [1.54, 1.807) is 0 Å². The van der Waals surface area contributed by atoms with Crippen molar-refractivity contribution in [3.8, 4) is 0 Å². The maximum absolute atomic E-state index is 6.07. The standard InChI is InChI=1S/C19H21NO/c1-14-4-8-17(9-5-14)13-20-16(3)12-19(21-20)18-10-6-15(2)7-11-18/h4-12,19H,13H2,1-3H3. The van der Waals surface area contributed by atoms with Crippen LogP contribution in [0.1, 0.15) is 35.3 Å². The number of allylic oxidation sites excluding steroid dienone is 1. The van der Waals surface area contributed by atoms with E-state index in [1.165, 1.54) is 28.0 Å². The Hall–Kier alpha value is -2.06. The van der Waals surface area contributed by atoms with Crippen LogP contribution in [0.5, 0.6) is 0 Å². The summed E-state index contributed by atoms with van der Waals surface area (Å²) >= 11 is 0. The van der Waals surface area contributed by atoms with E-state index in [0.29, 0.717) is 0 Å². The molecule has 0 aliphatic carbocycles. The Balaban J connectivity index is 1.71. The van der Waals surface area contributed by atoms with E-state index in [0.717, 1.165) is 6.54 Å². The van der Waals surface area contributed by atoms with E-state index in [1.807, 2.05) is 5.06 Å². The van der Waals surface area contributed by atoms with Crippen LogP contribution in [0.25, 0.3) is 0 Å². The Morgan fingerprint density at radius 3 is 2.05 bits per heavy atom. The first kappa shape index (κ1) is 13.9. The van der Waals surface area contributed by atoms with Gasteiger partial charge in [0.05, 0.1) is 6.54 Å². The van der Waals surface area contributed by atoms with Gasteiger partial charge in [0.1, 0.15) is 6.10 Å². The predicted molar refractivity (Wildman–Crippen MR) is 85.5 cm³/mol. The zero-order valence-corrected chi connectivity index (χ0v) is 12.8. The van der Waals surface area contributed by atoms with Gasteiger partial charge >= 0.3 is 0 Å². The maximum Gasteiger partial charge on any atom is 0.131 e. The van der Waals surface area contributed by atoms with Crippen molar-refractivity contribution >= 4 is 0 Å². The fraction of sp³-hybridized carbons (Fsp3) is 0.263. The van der Waals surface area contributed by atoms with Gasteiger partial charge in [-0.15, -0.1) is 0 Å². The minimum absolute atomic E-state index is 0.0241. The van der Waals surface area contributed by atoms with E-state index in [9.17, 15) is 0 Å². The molecule has 1 atom stereocenters. The molecule has 0 amide bonds. The molecular weight excluding hydrogens is 258 g/mol. The van der Waals surface area contributed by atoms with E-state index in [4.69, 9.17) is 4.84 Å². The second-order valence-electron chi connectivity index (χ2n) is 5.77. The molecule has 0 aromatic heterocycles. The summed E-state index contributed by atoms with van der Waals surface area (Å²) in [6, 6.07) is 17.1. The van der Waals surface area contributed by atoms with Crippen LogP contribution in [-0.4, -0.2) is 5.06 Å². The van der Waals surface area contributed by atoms with Crippen molar-refractivity contribution in [1.82, 2.24) is 5.06 Å². The lowest BCUT2D eigenvalue weighted by molar-refractivity contribution is -0.146. The van der Waals surface area contributed by atoms with Crippen molar-refractivity contribution in [2.45, 2.75) is 33.4 Å². The van der Waals surface area contributed by atoms with Gasteiger partial charge in [0.25, 0.3) is 0 Å². The number of rotatable bonds is 3. The van der Waals surface area contributed by atoms with Crippen molar-refractivity contribution in [3.05, 3.63) is 82.6 Å². The molecule has 1 unspecified atom stereocenters. The largest absolute Gasteiger partial charge is 0.261 e. The summed E-state index contributed by atoms with van der Waals surface area (Å²) in [7, 11) is 0. The first-order chi connectivity index (χ1) is 10.1. The van der Waals surface area contributed by atoms with Gasteiger partial charge in [0, 0.05) is 5.70 Å². The van der Waals surface area contributed by atoms with E-state index >= 15 is 0 Å². The first-order valence-electron chi connectivity index (χ1n) is 7.37. The maximum atomic E-state index is 6.07. The van der Waals surface area contributed by atoms with Gasteiger partial charge in [-0.1, -0.05) is 59.7 Å². The van der Waals surface area contributed by atoms with Gasteiger partial charge in [-0.25, -0.2) is 0 Å². The quantitative estimate of drug-likeness (QED) is 0.807. The molecule has 0 spiro atoms. The van der Waals surface area contributed by atoms with Crippen LogP contribution >= 0.6 is 0 Å². The van der Waals surface area contributed by atoms with Crippen molar-refractivity contribution < 1.29 is 4.84 Å². The topological polar surface area (TPSA) is 12.5 Å². The molecule has 3 rings (SSSR count). The molecule has 2 aromatic rings. The Labute approximate surface area is 126 Å². The van der Waals surface area contributed by atoms with Crippen molar-refractivity contribution in [1.29, 1.82) is 0 Å². The number of hydrogen-bond acceptors (Lipinski definition) is 2. The molecule has 2 heteroatoms. The number of hydrogen-bond donors (Lipinski definition) is 0. The van der Waals surface area contributed by atoms with Crippen LogP contribution < -0.4 is 0 Å². The first-order valence-corrected chi connectivity index (χ1v) is 7.37. The van der Waals surface area contributed by atoms with Crippen LogP contribution in [0.15, 0.2) is 60.3 Å². The second kappa shape index (κ2) is 5.74. The van der Waals surface area contributed by atoms with Gasteiger partial charge in [0.2, 0.25) is 0 Å². The van der Waals surface area contributed by atoms with Crippen LogP contribution in [0.4, 0.5) is 0 Å². The van der Waals surface area contributed by atoms with Gasteiger partial charge < -0.3 is 0 Å². The Bertz CT molecular complexity index is 640. The highest BCUT2D eigenvalue weighted by Crippen LogP contribution is 2.31. The summed E-state index contributed by atoms with van der Waals surface area (Å²) in [5.41, 5.74) is 6.19. The fourth-order valence-corrected chi connectivity index (χ4v) is 2.49. The Morgan fingerprint density at radius 1 is 0.857 bits per heavy atom. The van der Waals surface area contributed by atoms with Gasteiger partial charge in [-0.3, -0.25) is 9.90 Å². The molecule has 0 saturated carbocycles. The smallest absolute Gasteiger partial charge is 0.131 e. The summed E-state index contributed by atoms with van der Waals surface area (Å²) in [5.74, 6) is 0. The minimum atomic E-state index is 0.0241. The van der Waals surface area contributed by atoms with E-state index in [-0.39, 0.29) is 6.10 Å². The van der Waals surface area contributed by atoms with Crippen LogP contribution in [0.3, 0.4) is 0 Å². The van der Waals surface area contributed by atoms with Crippen LogP contribution in [-0.2, 0) is 11.4 Å². The van der Waals surface area contributed by atoms with Crippen molar-refractivity contribution in [2.24, 2.45) is 0 Å². The molecule has 0 N–H and O–H groups in total. The summed E-state index contributed by atoms with van der Waals surface area (Å²) in [6.07, 6.45) is 2.20. The molecule has 1 aliphatic rings. The van der Waals surface area contributed by atoms with Crippen LogP contribution in [0, 0.1) is 13.8 Å². The minimum Gasteiger partial charge on any atom is -0.261 e. The SMILES string of the molecule is CC1=CC(c2ccc(C)cc2)ON1Cc1ccc(C)cc1. The molecule has 2 nitrogen and oxygen atoms in total. The van der Waals surface area contributed by atoms with Crippen molar-refractivity contribution in [3.63, 3.8) is 0 Å². The molecule has 0 bridgehead atoms. The van der Waals surface area contributed by atoms with Gasteiger partial charge in [-0.05, 0) is 38.0 Å². The van der Waals surface area contributed by atoms with Crippen LogP contribution in [0.2, 0.25) is 0 Å². The lowest BCUT2D eigenvalue weighted by Crippen LogP contribution is -2.17. The lowest BCUT2D eigenvalue weighted by Gasteiger charge is -2.21. The molecule has 2 aromatic carbocycles. The van der Waals surface area contributed by atoms with Crippen molar-refractivity contribution in [2.75, 3.05) is 0 Å². The zero-order valence-electron chi connectivity index (χ0n) is 12.8. The summed E-state index contributed by atoms with van der Waals surface area (Å²) in [4.78, 5) is 6.07. The normalized spacial score (nSPS) is 18.0. The second-order valence-corrected chi connectivity index (χ2v) is 5.77. The predicted octanol–water partition coefficient (Wildman–Crippen LogP) is 4.70. The highest BCUT2D eigenvalue weighted by molar-refractivity contribution is 5.28. The molecule has 0 radical (unpaired) electrons. The molecule has 108 valence electrons. The molecule has 1 aliphatic heterocycles. The number of nitrogens with zero attached hydrogens (tertiary/aromatic N) is 1. The number of benzene rings is 2. The van der Waals surface area contributed by atoms with Gasteiger partial charge in [0.15, 0.2) is 0 Å². The fourth-order valence-electron chi connectivity index (χ4n) is 2.49. The Kier molecular flexibility index (Phi) is 3.80. The highest BCUT2D eigenvalue weighted by atomic mass is 16.7. The highest BCUT2D eigenvalue weighted by Gasteiger charge is 2.23. The number of aryl methyl sites for hydroxylation is 2. The third-order valence-corrected chi connectivity index (χ3v) is 3.88. The monoisotopic (exact) mass is 279 g/mol. The molecule has 21 heavy (non-hydrogen) atoms. The van der Waals surface area contributed by atoms with E-state index < -0.39 is 0 Å². The molecule has 0 fully saturated rings. The third-order valence-electron chi connectivity index (χ3n) is 3.88. The van der Waals surface area contributed by atoms with Gasteiger partial charge in [-0.2, -0.15) is 0 Å². The summed E-state index contributed by atoms with van der Waals surface area (Å²) in [6.45, 7) is 7.09.